The van der Waals surface area contributed by atoms with Crippen LogP contribution < -0.4 is 16.4 Å². The van der Waals surface area contributed by atoms with Crippen LogP contribution in [0.5, 0.6) is 0 Å². The lowest BCUT2D eigenvalue weighted by Crippen LogP contribution is -2.46. The summed E-state index contributed by atoms with van der Waals surface area (Å²) < 4.78 is 9.87. The molecule has 10 nitrogen and oxygen atoms in total. The second kappa shape index (κ2) is 18.1. The van der Waals surface area contributed by atoms with Crippen molar-refractivity contribution in [3.8, 4) is 0 Å². The number of nitrogens with two attached hydrogens (primary N) is 1. The Morgan fingerprint density at radius 3 is 1.72 bits per heavy atom. The number of carbonyl (C=O) groups is 4. The van der Waals surface area contributed by atoms with Gasteiger partial charge in [0.15, 0.2) is 0 Å². The maximum absolute atomic E-state index is 11.4. The zero-order valence-electron chi connectivity index (χ0n) is 20.5. The van der Waals surface area contributed by atoms with Crippen LogP contribution in [-0.2, 0) is 19.1 Å². The van der Waals surface area contributed by atoms with Crippen LogP contribution in [-0.4, -0.2) is 53.5 Å². The number of hydrogen-bond donors (Lipinski definition) is 4. The molecule has 0 aliphatic carbocycles. The molecule has 0 saturated heterocycles. The summed E-state index contributed by atoms with van der Waals surface area (Å²) in [4.78, 5) is 44.5. The average molecular weight is 462 g/mol. The van der Waals surface area contributed by atoms with Crippen molar-refractivity contribution in [1.82, 2.24) is 10.6 Å². The molecule has 188 valence electrons. The smallest absolute Gasteiger partial charge is 0.408 e. The van der Waals surface area contributed by atoms with E-state index in [0.717, 1.165) is 38.5 Å². The number of primary amides is 1. The van der Waals surface area contributed by atoms with E-state index in [9.17, 15) is 19.2 Å². The standard InChI is InChI=1S/C11H22N2O3.C11H21NO4/c1-5-6-7-8(9(12)14)13-10(15)16-11(2,3)4;1-3-5-7-9(10(13)14)12-11(15)16-8-6-4-2/h8H,5-7H2,1-4H3,(H2,12,14)(H,13,15);9H,3-8H2,1-2H3,(H,12,15)(H,13,14). The predicted molar refractivity (Wildman–Crippen MR) is 122 cm³/mol. The Morgan fingerprint density at radius 2 is 1.31 bits per heavy atom. The molecule has 0 aliphatic rings. The topological polar surface area (TPSA) is 157 Å². The Hall–Kier alpha value is -2.52. The van der Waals surface area contributed by atoms with E-state index in [4.69, 9.17) is 20.3 Å². The van der Waals surface area contributed by atoms with Crippen LogP contribution in [0.4, 0.5) is 9.59 Å². The molecular formula is C22H43N3O7. The van der Waals surface area contributed by atoms with Crippen molar-refractivity contribution in [2.45, 2.75) is 111 Å². The van der Waals surface area contributed by atoms with Gasteiger partial charge in [-0.3, -0.25) is 4.79 Å². The molecule has 0 radical (unpaired) electrons. The van der Waals surface area contributed by atoms with Gasteiger partial charge in [-0.05, 0) is 40.0 Å². The summed E-state index contributed by atoms with van der Waals surface area (Å²) >= 11 is 0. The molecule has 3 amide bonds. The van der Waals surface area contributed by atoms with Gasteiger partial charge in [0.2, 0.25) is 5.91 Å². The SMILES string of the molecule is CCCCC(NC(=O)OC(C)(C)C)C(N)=O.CCCCOC(=O)NC(CCCC)C(=O)O. The van der Waals surface area contributed by atoms with Gasteiger partial charge in [-0.1, -0.05) is 52.9 Å². The average Bonchev–Trinajstić information content (AvgIpc) is 2.67. The summed E-state index contributed by atoms with van der Waals surface area (Å²) in [6.45, 7) is 11.6. The molecule has 5 N–H and O–H groups in total. The Bertz CT molecular complexity index is 562. The van der Waals surface area contributed by atoms with Crippen molar-refractivity contribution in [3.05, 3.63) is 0 Å². The highest BCUT2D eigenvalue weighted by Crippen LogP contribution is 2.08. The quantitative estimate of drug-likeness (QED) is 0.304. The maximum atomic E-state index is 11.4. The zero-order valence-corrected chi connectivity index (χ0v) is 20.5. The van der Waals surface area contributed by atoms with Crippen LogP contribution in [0.15, 0.2) is 0 Å². The Labute approximate surface area is 192 Å². The van der Waals surface area contributed by atoms with E-state index in [0.29, 0.717) is 19.4 Å². The van der Waals surface area contributed by atoms with E-state index >= 15 is 0 Å². The lowest BCUT2D eigenvalue weighted by atomic mass is 10.1. The van der Waals surface area contributed by atoms with Crippen LogP contribution in [0.2, 0.25) is 0 Å². The first-order chi connectivity index (χ1) is 14.9. The van der Waals surface area contributed by atoms with Crippen molar-refractivity contribution < 1.29 is 33.8 Å². The van der Waals surface area contributed by atoms with Crippen LogP contribution in [0.3, 0.4) is 0 Å². The molecule has 0 rings (SSSR count). The molecule has 0 saturated carbocycles. The van der Waals surface area contributed by atoms with Crippen molar-refractivity contribution >= 4 is 24.1 Å². The van der Waals surface area contributed by atoms with E-state index in [2.05, 4.69) is 10.6 Å². The summed E-state index contributed by atoms with van der Waals surface area (Å²) in [7, 11) is 0. The van der Waals surface area contributed by atoms with Crippen molar-refractivity contribution in [2.24, 2.45) is 5.73 Å². The summed E-state index contributed by atoms with van der Waals surface area (Å²) in [6.07, 6.45) is 4.92. The van der Waals surface area contributed by atoms with Crippen molar-refractivity contribution in [2.75, 3.05) is 6.61 Å². The van der Waals surface area contributed by atoms with Gasteiger partial charge in [0.05, 0.1) is 6.61 Å². The largest absolute Gasteiger partial charge is 0.480 e. The number of rotatable bonds is 13. The first-order valence-electron chi connectivity index (χ1n) is 11.3. The molecule has 0 aromatic rings. The third-order valence-electron chi connectivity index (χ3n) is 4.05. The van der Waals surface area contributed by atoms with Crippen LogP contribution in [0.25, 0.3) is 0 Å². The molecule has 2 unspecified atom stereocenters. The van der Waals surface area contributed by atoms with E-state index in [1.807, 2.05) is 20.8 Å². The summed E-state index contributed by atoms with van der Waals surface area (Å²) in [6, 6.07) is -1.48. The first-order valence-corrected chi connectivity index (χ1v) is 11.3. The third kappa shape index (κ3) is 19.4. The second-order valence-electron chi connectivity index (χ2n) is 8.41. The Kier molecular flexibility index (Phi) is 17.9. The molecule has 0 aromatic heterocycles. The highest BCUT2D eigenvalue weighted by molar-refractivity contribution is 5.84. The van der Waals surface area contributed by atoms with Gasteiger partial charge in [0.25, 0.3) is 0 Å². The van der Waals surface area contributed by atoms with Gasteiger partial charge in [-0.2, -0.15) is 0 Å². The zero-order chi connectivity index (χ0) is 25.2. The number of hydrogen-bond acceptors (Lipinski definition) is 6. The predicted octanol–water partition coefficient (Wildman–Crippen LogP) is 3.71. The minimum Gasteiger partial charge on any atom is -0.480 e. The fourth-order valence-electron chi connectivity index (χ4n) is 2.30. The van der Waals surface area contributed by atoms with Crippen LogP contribution >= 0.6 is 0 Å². The lowest BCUT2D eigenvalue weighted by Gasteiger charge is -2.22. The fraction of sp³-hybridized carbons (Fsp3) is 0.818. The minimum atomic E-state index is -1.01. The van der Waals surface area contributed by atoms with E-state index < -0.39 is 41.7 Å². The molecule has 0 bridgehead atoms. The summed E-state index contributed by atoms with van der Waals surface area (Å²) in [5.74, 6) is -1.54. The van der Waals surface area contributed by atoms with E-state index in [1.54, 1.807) is 20.8 Å². The maximum Gasteiger partial charge on any atom is 0.408 e. The first kappa shape index (κ1) is 31.7. The number of nitrogens with one attached hydrogen (secondary N) is 2. The molecule has 0 aliphatic heterocycles. The third-order valence-corrected chi connectivity index (χ3v) is 4.05. The minimum absolute atomic E-state index is 0.336. The normalized spacial score (nSPS) is 12.4. The number of amides is 3. The van der Waals surface area contributed by atoms with Gasteiger partial charge in [0, 0.05) is 0 Å². The van der Waals surface area contributed by atoms with Crippen LogP contribution in [0.1, 0.15) is 92.9 Å². The molecular weight excluding hydrogens is 418 g/mol. The van der Waals surface area contributed by atoms with Crippen LogP contribution in [0, 0.1) is 0 Å². The number of carboxylic acid groups (broad SMARTS) is 1. The fourth-order valence-corrected chi connectivity index (χ4v) is 2.30. The molecule has 0 heterocycles. The van der Waals surface area contributed by atoms with Gasteiger partial charge in [0.1, 0.15) is 17.7 Å². The Balaban J connectivity index is 0. The highest BCUT2D eigenvalue weighted by atomic mass is 16.6. The van der Waals surface area contributed by atoms with Crippen molar-refractivity contribution in [3.63, 3.8) is 0 Å². The number of aliphatic carboxylic acids is 1. The molecule has 0 spiro atoms. The molecule has 2 atom stereocenters. The molecule has 0 fully saturated rings. The van der Waals surface area contributed by atoms with E-state index in [-0.39, 0.29) is 0 Å². The summed E-state index contributed by atoms with van der Waals surface area (Å²) in [5, 5.41) is 13.7. The van der Waals surface area contributed by atoms with Gasteiger partial charge < -0.3 is 30.9 Å². The highest BCUT2D eigenvalue weighted by Gasteiger charge is 2.22. The summed E-state index contributed by atoms with van der Waals surface area (Å²) in [5.41, 5.74) is 4.61. The van der Waals surface area contributed by atoms with E-state index in [1.165, 1.54) is 0 Å². The molecule has 0 aromatic carbocycles. The van der Waals surface area contributed by atoms with Gasteiger partial charge in [-0.15, -0.1) is 0 Å². The Morgan fingerprint density at radius 1 is 0.844 bits per heavy atom. The van der Waals surface area contributed by atoms with Gasteiger partial charge in [-0.25, -0.2) is 14.4 Å². The molecule has 10 heteroatoms. The number of carboxylic acids is 1. The number of alkyl carbamates (subject to hydrolysis) is 2. The number of unbranched alkanes of at least 4 members (excludes halogenated alkanes) is 3. The molecule has 32 heavy (non-hydrogen) atoms. The van der Waals surface area contributed by atoms with Gasteiger partial charge >= 0.3 is 18.2 Å². The number of carbonyl (C=O) groups excluding carboxylic acids is 3. The number of ether oxygens (including phenoxy) is 2. The second-order valence-corrected chi connectivity index (χ2v) is 8.41. The lowest BCUT2D eigenvalue weighted by molar-refractivity contribution is -0.139. The monoisotopic (exact) mass is 461 g/mol. The van der Waals surface area contributed by atoms with Crippen molar-refractivity contribution in [1.29, 1.82) is 0 Å².